The molecule has 19 heavy (non-hydrogen) atoms. The van der Waals surface area contributed by atoms with Gasteiger partial charge in [-0.25, -0.2) is 4.98 Å². The topological polar surface area (TPSA) is 59.0 Å². The molecular formula is C14H18N4O. The summed E-state index contributed by atoms with van der Waals surface area (Å²) in [6, 6.07) is 7.72. The van der Waals surface area contributed by atoms with Gasteiger partial charge in [0.25, 0.3) is 0 Å². The SMILES string of the molecule is CNCc1cn(CC(=O)Nc2ccccc2C)cn1. The lowest BCUT2D eigenvalue weighted by Gasteiger charge is -2.08. The van der Waals surface area contributed by atoms with E-state index in [0.717, 1.165) is 16.9 Å². The number of nitrogens with zero attached hydrogens (tertiary/aromatic N) is 2. The van der Waals surface area contributed by atoms with Crippen LogP contribution in [0.2, 0.25) is 0 Å². The molecule has 0 atom stereocenters. The summed E-state index contributed by atoms with van der Waals surface area (Å²) in [6.45, 7) is 2.94. The number of nitrogens with one attached hydrogen (secondary N) is 2. The molecule has 5 heteroatoms. The molecular weight excluding hydrogens is 240 g/mol. The number of amides is 1. The van der Waals surface area contributed by atoms with E-state index in [4.69, 9.17) is 0 Å². The van der Waals surface area contributed by atoms with E-state index in [-0.39, 0.29) is 12.5 Å². The maximum Gasteiger partial charge on any atom is 0.244 e. The lowest BCUT2D eigenvalue weighted by atomic mass is 10.2. The molecule has 1 heterocycles. The quantitative estimate of drug-likeness (QED) is 0.855. The first kappa shape index (κ1) is 13.3. The highest BCUT2D eigenvalue weighted by Gasteiger charge is 2.06. The Bertz CT molecular complexity index is 562. The van der Waals surface area contributed by atoms with Crippen LogP contribution in [-0.2, 0) is 17.9 Å². The second-order valence-electron chi connectivity index (χ2n) is 4.43. The smallest absolute Gasteiger partial charge is 0.244 e. The van der Waals surface area contributed by atoms with Crippen LogP contribution >= 0.6 is 0 Å². The molecule has 0 aliphatic heterocycles. The number of imidazole rings is 1. The fourth-order valence-electron chi connectivity index (χ4n) is 1.83. The predicted octanol–water partition coefficient (Wildman–Crippen LogP) is 1.55. The van der Waals surface area contributed by atoms with Gasteiger partial charge < -0.3 is 15.2 Å². The molecule has 2 rings (SSSR count). The molecule has 2 aromatic rings. The van der Waals surface area contributed by atoms with E-state index in [0.29, 0.717) is 6.54 Å². The van der Waals surface area contributed by atoms with Crippen molar-refractivity contribution >= 4 is 11.6 Å². The number of para-hydroxylation sites is 1. The van der Waals surface area contributed by atoms with Crippen molar-refractivity contribution in [3.63, 3.8) is 0 Å². The fraction of sp³-hybridized carbons (Fsp3) is 0.286. The van der Waals surface area contributed by atoms with Crippen molar-refractivity contribution < 1.29 is 4.79 Å². The predicted molar refractivity (Wildman–Crippen MR) is 74.8 cm³/mol. The van der Waals surface area contributed by atoms with E-state index in [1.807, 2.05) is 44.4 Å². The maximum absolute atomic E-state index is 11.9. The van der Waals surface area contributed by atoms with Gasteiger partial charge in [0.2, 0.25) is 5.91 Å². The summed E-state index contributed by atoms with van der Waals surface area (Å²) >= 11 is 0. The average molecular weight is 258 g/mol. The van der Waals surface area contributed by atoms with E-state index in [1.54, 1.807) is 10.9 Å². The molecule has 0 aliphatic carbocycles. The minimum Gasteiger partial charge on any atom is -0.328 e. The van der Waals surface area contributed by atoms with E-state index in [2.05, 4.69) is 15.6 Å². The second-order valence-corrected chi connectivity index (χ2v) is 4.43. The van der Waals surface area contributed by atoms with Crippen LogP contribution in [0.1, 0.15) is 11.3 Å². The molecule has 0 fully saturated rings. The zero-order chi connectivity index (χ0) is 13.7. The Morgan fingerprint density at radius 1 is 1.37 bits per heavy atom. The third-order valence-corrected chi connectivity index (χ3v) is 2.79. The van der Waals surface area contributed by atoms with Gasteiger partial charge in [-0.3, -0.25) is 4.79 Å². The van der Waals surface area contributed by atoms with Gasteiger partial charge in [0.15, 0.2) is 0 Å². The lowest BCUT2D eigenvalue weighted by molar-refractivity contribution is -0.116. The molecule has 0 aliphatic rings. The van der Waals surface area contributed by atoms with Crippen LogP contribution in [0.4, 0.5) is 5.69 Å². The number of carbonyl (C=O) groups excluding carboxylic acids is 1. The summed E-state index contributed by atoms with van der Waals surface area (Å²) in [6.07, 6.45) is 3.54. The summed E-state index contributed by atoms with van der Waals surface area (Å²) < 4.78 is 1.78. The van der Waals surface area contributed by atoms with Gasteiger partial charge in [0.1, 0.15) is 6.54 Å². The van der Waals surface area contributed by atoms with Crippen molar-refractivity contribution in [1.29, 1.82) is 0 Å². The van der Waals surface area contributed by atoms with E-state index >= 15 is 0 Å². The summed E-state index contributed by atoms with van der Waals surface area (Å²) in [5, 5.41) is 5.92. The summed E-state index contributed by atoms with van der Waals surface area (Å²) in [5.74, 6) is -0.0530. The maximum atomic E-state index is 11.9. The number of aromatic nitrogens is 2. The van der Waals surface area contributed by atoms with Gasteiger partial charge in [-0.2, -0.15) is 0 Å². The molecule has 0 spiro atoms. The van der Waals surface area contributed by atoms with Gasteiger partial charge in [-0.15, -0.1) is 0 Å². The first-order chi connectivity index (χ1) is 9.19. The largest absolute Gasteiger partial charge is 0.328 e. The first-order valence-corrected chi connectivity index (χ1v) is 6.20. The standard InChI is InChI=1S/C14H18N4O/c1-11-5-3-4-6-13(11)17-14(19)9-18-8-12(7-15-2)16-10-18/h3-6,8,10,15H,7,9H2,1-2H3,(H,17,19). The Hall–Kier alpha value is -2.14. The van der Waals surface area contributed by atoms with Crippen LogP contribution in [0.5, 0.6) is 0 Å². The van der Waals surface area contributed by atoms with Crippen molar-refractivity contribution in [1.82, 2.24) is 14.9 Å². The molecule has 0 radical (unpaired) electrons. The Morgan fingerprint density at radius 2 is 2.16 bits per heavy atom. The van der Waals surface area contributed by atoms with Crippen LogP contribution in [0, 0.1) is 6.92 Å². The lowest BCUT2D eigenvalue weighted by Crippen LogP contribution is -2.18. The van der Waals surface area contributed by atoms with Crippen LogP contribution in [0.3, 0.4) is 0 Å². The van der Waals surface area contributed by atoms with E-state index in [9.17, 15) is 4.79 Å². The minimum atomic E-state index is -0.0530. The molecule has 1 aromatic carbocycles. The molecule has 1 aromatic heterocycles. The van der Waals surface area contributed by atoms with Crippen LogP contribution in [0.15, 0.2) is 36.8 Å². The normalized spacial score (nSPS) is 10.4. The third-order valence-electron chi connectivity index (χ3n) is 2.79. The van der Waals surface area contributed by atoms with Crippen molar-refractivity contribution in [2.45, 2.75) is 20.0 Å². The molecule has 0 saturated heterocycles. The fourth-order valence-corrected chi connectivity index (χ4v) is 1.83. The highest BCUT2D eigenvalue weighted by atomic mass is 16.1. The summed E-state index contributed by atoms with van der Waals surface area (Å²) in [5.41, 5.74) is 2.83. The van der Waals surface area contributed by atoms with Crippen LogP contribution < -0.4 is 10.6 Å². The van der Waals surface area contributed by atoms with Gasteiger partial charge in [-0.1, -0.05) is 18.2 Å². The number of aryl methyl sites for hydroxylation is 1. The molecule has 5 nitrogen and oxygen atoms in total. The Balaban J connectivity index is 1.95. The van der Waals surface area contributed by atoms with Crippen molar-refractivity contribution in [3.05, 3.63) is 48.0 Å². The van der Waals surface area contributed by atoms with Crippen molar-refractivity contribution in [3.8, 4) is 0 Å². The third kappa shape index (κ3) is 3.66. The van der Waals surface area contributed by atoms with Gasteiger partial charge in [-0.05, 0) is 25.6 Å². The minimum absolute atomic E-state index is 0.0530. The van der Waals surface area contributed by atoms with Gasteiger partial charge in [0, 0.05) is 18.4 Å². The Morgan fingerprint density at radius 3 is 2.89 bits per heavy atom. The van der Waals surface area contributed by atoms with E-state index < -0.39 is 0 Å². The highest BCUT2D eigenvalue weighted by Crippen LogP contribution is 2.13. The number of carbonyl (C=O) groups is 1. The number of benzene rings is 1. The number of hydrogen-bond acceptors (Lipinski definition) is 3. The monoisotopic (exact) mass is 258 g/mol. The van der Waals surface area contributed by atoms with Crippen molar-refractivity contribution in [2.24, 2.45) is 0 Å². The molecule has 0 bridgehead atoms. The van der Waals surface area contributed by atoms with Gasteiger partial charge in [0.05, 0.1) is 12.0 Å². The number of anilines is 1. The zero-order valence-corrected chi connectivity index (χ0v) is 11.2. The van der Waals surface area contributed by atoms with Gasteiger partial charge >= 0.3 is 0 Å². The molecule has 100 valence electrons. The first-order valence-electron chi connectivity index (χ1n) is 6.20. The Kier molecular flexibility index (Phi) is 4.30. The number of hydrogen-bond donors (Lipinski definition) is 2. The summed E-state index contributed by atoms with van der Waals surface area (Å²) in [7, 11) is 1.86. The number of rotatable bonds is 5. The second kappa shape index (κ2) is 6.15. The van der Waals surface area contributed by atoms with E-state index in [1.165, 1.54) is 0 Å². The van der Waals surface area contributed by atoms with Crippen LogP contribution in [-0.4, -0.2) is 22.5 Å². The molecule has 0 saturated carbocycles. The van der Waals surface area contributed by atoms with Crippen LogP contribution in [0.25, 0.3) is 0 Å². The highest BCUT2D eigenvalue weighted by molar-refractivity contribution is 5.91. The zero-order valence-electron chi connectivity index (χ0n) is 11.2. The van der Waals surface area contributed by atoms with Crippen molar-refractivity contribution in [2.75, 3.05) is 12.4 Å². The average Bonchev–Trinajstić information content (AvgIpc) is 2.80. The molecule has 0 unspecified atom stereocenters. The molecule has 2 N–H and O–H groups in total. The Labute approximate surface area is 112 Å². The summed E-state index contributed by atoms with van der Waals surface area (Å²) in [4.78, 5) is 16.1. The molecule has 1 amide bonds.